The predicted octanol–water partition coefficient (Wildman–Crippen LogP) is 1.42. The number of likely N-dealkylation sites (tertiary alicyclic amines) is 1. The second kappa shape index (κ2) is 7.48. The lowest BCUT2D eigenvalue weighted by Gasteiger charge is -2.24. The average Bonchev–Trinajstić information content (AvgIpc) is 3.27. The highest BCUT2D eigenvalue weighted by Crippen LogP contribution is 2.22. The van der Waals surface area contributed by atoms with Gasteiger partial charge in [-0.3, -0.25) is 9.58 Å². The van der Waals surface area contributed by atoms with Crippen LogP contribution in [0.3, 0.4) is 0 Å². The Balaban J connectivity index is 1.47. The van der Waals surface area contributed by atoms with Crippen LogP contribution in [0.1, 0.15) is 17.9 Å². The molecule has 1 aliphatic rings. The summed E-state index contributed by atoms with van der Waals surface area (Å²) in [6, 6.07) is 5.18. The summed E-state index contributed by atoms with van der Waals surface area (Å²) in [6.07, 6.45) is 2.85. The SMILES string of the molecule is Cn1nccc1CN1C[C@@H](F)C[C@H]1CNC(=O)NCc1ccco1. The lowest BCUT2D eigenvalue weighted by molar-refractivity contribution is 0.215. The topological polar surface area (TPSA) is 75.3 Å². The van der Waals surface area contributed by atoms with E-state index in [0.717, 1.165) is 5.69 Å². The monoisotopic (exact) mass is 335 g/mol. The number of urea groups is 1. The van der Waals surface area contributed by atoms with Gasteiger partial charge >= 0.3 is 6.03 Å². The number of hydrogen-bond donors (Lipinski definition) is 2. The van der Waals surface area contributed by atoms with Crippen molar-refractivity contribution < 1.29 is 13.6 Å². The molecule has 7 nitrogen and oxygen atoms in total. The number of amides is 2. The van der Waals surface area contributed by atoms with Crippen molar-refractivity contribution in [3.8, 4) is 0 Å². The zero-order valence-electron chi connectivity index (χ0n) is 13.6. The summed E-state index contributed by atoms with van der Waals surface area (Å²) >= 11 is 0. The number of aromatic nitrogens is 2. The number of rotatable bonds is 6. The molecule has 0 bridgehead atoms. The lowest BCUT2D eigenvalue weighted by Crippen LogP contribution is -2.43. The molecule has 130 valence electrons. The van der Waals surface area contributed by atoms with E-state index in [2.05, 4.69) is 20.6 Å². The van der Waals surface area contributed by atoms with Crippen molar-refractivity contribution in [1.29, 1.82) is 0 Å². The first-order valence-electron chi connectivity index (χ1n) is 8.01. The van der Waals surface area contributed by atoms with Crippen molar-refractivity contribution in [1.82, 2.24) is 25.3 Å². The van der Waals surface area contributed by atoms with Crippen LogP contribution >= 0.6 is 0 Å². The van der Waals surface area contributed by atoms with Crippen LogP contribution in [0.2, 0.25) is 0 Å². The highest BCUT2D eigenvalue weighted by molar-refractivity contribution is 5.73. The van der Waals surface area contributed by atoms with E-state index < -0.39 is 6.17 Å². The third-order valence-electron chi connectivity index (χ3n) is 4.27. The third-order valence-corrected chi connectivity index (χ3v) is 4.27. The fourth-order valence-corrected chi connectivity index (χ4v) is 2.95. The number of hydrogen-bond acceptors (Lipinski definition) is 4. The number of furan rings is 1. The molecule has 2 atom stereocenters. The van der Waals surface area contributed by atoms with Crippen LogP contribution in [0.15, 0.2) is 35.1 Å². The van der Waals surface area contributed by atoms with Crippen LogP contribution in [-0.2, 0) is 20.1 Å². The Hall–Kier alpha value is -2.35. The van der Waals surface area contributed by atoms with Gasteiger partial charge < -0.3 is 15.1 Å². The maximum atomic E-state index is 13.8. The fraction of sp³-hybridized carbons (Fsp3) is 0.500. The van der Waals surface area contributed by atoms with Gasteiger partial charge in [0.05, 0.1) is 18.5 Å². The van der Waals surface area contributed by atoms with Gasteiger partial charge in [0.25, 0.3) is 0 Å². The van der Waals surface area contributed by atoms with E-state index in [0.29, 0.717) is 38.4 Å². The average molecular weight is 335 g/mol. The first-order chi connectivity index (χ1) is 11.6. The molecule has 2 N–H and O–H groups in total. The molecule has 3 rings (SSSR count). The van der Waals surface area contributed by atoms with Crippen LogP contribution in [-0.4, -0.2) is 46.0 Å². The Morgan fingerprint density at radius 3 is 3.04 bits per heavy atom. The van der Waals surface area contributed by atoms with E-state index in [9.17, 15) is 9.18 Å². The second-order valence-electron chi connectivity index (χ2n) is 6.01. The minimum Gasteiger partial charge on any atom is -0.467 e. The van der Waals surface area contributed by atoms with Crippen LogP contribution in [0, 0.1) is 0 Å². The highest BCUT2D eigenvalue weighted by Gasteiger charge is 2.32. The first-order valence-corrected chi connectivity index (χ1v) is 8.01. The standard InChI is InChI=1S/C16H22FN5O2/c1-21-13(4-5-20-21)11-22-10-12(17)7-14(22)8-18-16(23)19-9-15-3-2-6-24-15/h2-6,12,14H,7-11H2,1H3,(H2,18,19,23)/t12-,14-/m0/s1. The quantitative estimate of drug-likeness (QED) is 0.837. The molecule has 2 aromatic rings. The summed E-state index contributed by atoms with van der Waals surface area (Å²) in [5.41, 5.74) is 1.02. The molecule has 0 spiro atoms. The van der Waals surface area contributed by atoms with Crippen molar-refractivity contribution in [3.63, 3.8) is 0 Å². The molecule has 0 saturated carbocycles. The zero-order valence-corrected chi connectivity index (χ0v) is 13.6. The maximum absolute atomic E-state index is 13.8. The lowest BCUT2D eigenvalue weighted by atomic mass is 10.2. The number of nitrogens with zero attached hydrogens (tertiary/aromatic N) is 3. The number of carbonyl (C=O) groups is 1. The highest BCUT2D eigenvalue weighted by atomic mass is 19.1. The Morgan fingerprint density at radius 1 is 1.46 bits per heavy atom. The molecule has 1 saturated heterocycles. The second-order valence-corrected chi connectivity index (χ2v) is 6.01. The molecule has 0 aromatic carbocycles. The Labute approximate surface area is 139 Å². The maximum Gasteiger partial charge on any atom is 0.315 e. The number of nitrogens with one attached hydrogen (secondary N) is 2. The van der Waals surface area contributed by atoms with E-state index in [-0.39, 0.29) is 12.1 Å². The summed E-state index contributed by atoms with van der Waals surface area (Å²) in [5, 5.41) is 9.66. The molecule has 1 aliphatic heterocycles. The van der Waals surface area contributed by atoms with E-state index in [4.69, 9.17) is 4.42 Å². The van der Waals surface area contributed by atoms with Gasteiger partial charge in [0.1, 0.15) is 11.9 Å². The predicted molar refractivity (Wildman–Crippen MR) is 85.9 cm³/mol. The van der Waals surface area contributed by atoms with Gasteiger partial charge in [-0.05, 0) is 24.6 Å². The van der Waals surface area contributed by atoms with Crippen LogP contribution < -0.4 is 10.6 Å². The largest absolute Gasteiger partial charge is 0.467 e. The van der Waals surface area contributed by atoms with Crippen molar-refractivity contribution in [2.24, 2.45) is 7.05 Å². The van der Waals surface area contributed by atoms with Gasteiger partial charge in [-0.15, -0.1) is 0 Å². The van der Waals surface area contributed by atoms with E-state index >= 15 is 0 Å². The molecular weight excluding hydrogens is 313 g/mol. The van der Waals surface area contributed by atoms with Gasteiger partial charge in [-0.2, -0.15) is 5.10 Å². The summed E-state index contributed by atoms with van der Waals surface area (Å²) < 4.78 is 20.7. The van der Waals surface area contributed by atoms with Crippen molar-refractivity contribution >= 4 is 6.03 Å². The fourth-order valence-electron chi connectivity index (χ4n) is 2.95. The van der Waals surface area contributed by atoms with E-state index in [1.54, 1.807) is 29.3 Å². The van der Waals surface area contributed by atoms with Gasteiger partial charge in [0, 0.05) is 38.9 Å². The number of carbonyl (C=O) groups excluding carboxylic acids is 1. The Kier molecular flexibility index (Phi) is 5.14. The minimum absolute atomic E-state index is 0.0238. The number of halogens is 1. The van der Waals surface area contributed by atoms with Crippen LogP contribution in [0.25, 0.3) is 0 Å². The van der Waals surface area contributed by atoms with Crippen LogP contribution in [0.5, 0.6) is 0 Å². The molecule has 3 heterocycles. The van der Waals surface area contributed by atoms with Crippen molar-refractivity contribution in [3.05, 3.63) is 42.1 Å². The van der Waals surface area contributed by atoms with Crippen molar-refractivity contribution in [2.75, 3.05) is 13.1 Å². The minimum atomic E-state index is -0.865. The van der Waals surface area contributed by atoms with Gasteiger partial charge in [-0.25, -0.2) is 9.18 Å². The van der Waals surface area contributed by atoms with Crippen LogP contribution in [0.4, 0.5) is 9.18 Å². The zero-order chi connectivity index (χ0) is 16.9. The molecule has 8 heteroatoms. The smallest absolute Gasteiger partial charge is 0.315 e. The van der Waals surface area contributed by atoms with E-state index in [1.165, 1.54) is 0 Å². The summed E-state index contributed by atoms with van der Waals surface area (Å²) in [4.78, 5) is 13.9. The summed E-state index contributed by atoms with van der Waals surface area (Å²) in [6.45, 7) is 1.74. The molecular formula is C16H22FN5O2. The van der Waals surface area contributed by atoms with Gasteiger partial charge in [-0.1, -0.05) is 0 Å². The number of alkyl halides is 1. The molecule has 0 unspecified atom stereocenters. The molecule has 1 fully saturated rings. The Morgan fingerprint density at radius 2 is 2.33 bits per heavy atom. The third kappa shape index (κ3) is 4.14. The number of aryl methyl sites for hydroxylation is 1. The molecule has 0 radical (unpaired) electrons. The van der Waals surface area contributed by atoms with Gasteiger partial charge in [0.2, 0.25) is 0 Å². The van der Waals surface area contributed by atoms with Gasteiger partial charge in [0.15, 0.2) is 0 Å². The first kappa shape index (κ1) is 16.5. The molecule has 2 aromatic heterocycles. The summed E-state index contributed by atoms with van der Waals surface area (Å²) in [7, 11) is 1.87. The Bertz CT molecular complexity index is 657. The summed E-state index contributed by atoms with van der Waals surface area (Å²) in [5.74, 6) is 0.688. The molecule has 0 aliphatic carbocycles. The van der Waals surface area contributed by atoms with Crippen molar-refractivity contribution in [2.45, 2.75) is 31.7 Å². The normalized spacial score (nSPS) is 21.1. The van der Waals surface area contributed by atoms with E-state index in [1.807, 2.05) is 13.1 Å². The molecule has 2 amide bonds. The molecule has 24 heavy (non-hydrogen) atoms.